The lowest BCUT2D eigenvalue weighted by molar-refractivity contribution is 0.446. The second kappa shape index (κ2) is 17.3. The summed E-state index contributed by atoms with van der Waals surface area (Å²) in [6, 6.07) is 21.6. The Bertz CT molecular complexity index is 1000. The zero-order valence-corrected chi connectivity index (χ0v) is 24.4. The van der Waals surface area contributed by atoms with Crippen LogP contribution in [0.3, 0.4) is 0 Å². The van der Waals surface area contributed by atoms with Gasteiger partial charge < -0.3 is 10.6 Å². The monoisotopic (exact) mass is 535 g/mol. The van der Waals surface area contributed by atoms with Crippen molar-refractivity contribution in [1.29, 1.82) is 0 Å². The quantitative estimate of drug-likeness (QED) is 0.133. The van der Waals surface area contributed by atoms with Crippen LogP contribution in [0.25, 0.3) is 0 Å². The maximum atomic E-state index is 5.57. The number of nitrogens with zero attached hydrogens (tertiary/aromatic N) is 1. The fourth-order valence-electron chi connectivity index (χ4n) is 5.07. The van der Waals surface area contributed by atoms with E-state index in [4.69, 9.17) is 17.2 Å². The summed E-state index contributed by atoms with van der Waals surface area (Å²) >= 11 is 7.35. The van der Waals surface area contributed by atoms with Gasteiger partial charge in [0.15, 0.2) is 5.11 Å². The zero-order valence-electron chi connectivity index (χ0n) is 22.8. The van der Waals surface area contributed by atoms with Gasteiger partial charge in [0.25, 0.3) is 0 Å². The summed E-state index contributed by atoms with van der Waals surface area (Å²) in [5.41, 5.74) is 2.75. The van der Waals surface area contributed by atoms with E-state index in [9.17, 15) is 0 Å². The van der Waals surface area contributed by atoms with Crippen LogP contribution in [-0.4, -0.2) is 16.6 Å². The van der Waals surface area contributed by atoms with Gasteiger partial charge in [-0.1, -0.05) is 126 Å². The van der Waals surface area contributed by atoms with Crippen molar-refractivity contribution in [1.82, 2.24) is 10.3 Å². The molecule has 37 heavy (non-hydrogen) atoms. The fourth-order valence-corrected chi connectivity index (χ4v) is 6.23. The first-order chi connectivity index (χ1) is 18.2. The van der Waals surface area contributed by atoms with Crippen molar-refractivity contribution < 1.29 is 0 Å². The fraction of sp³-hybridized carbons (Fsp3) is 0.500. The van der Waals surface area contributed by atoms with Gasteiger partial charge in [-0.25, -0.2) is 4.98 Å². The summed E-state index contributed by atoms with van der Waals surface area (Å²) in [5.74, 6) is 1.81. The number of unbranched alkanes of at least 4 members (excludes halogenated alkanes) is 6. The van der Waals surface area contributed by atoms with E-state index in [0.29, 0.717) is 16.9 Å². The number of thiazole rings is 1. The van der Waals surface area contributed by atoms with Gasteiger partial charge in [-0.3, -0.25) is 0 Å². The van der Waals surface area contributed by atoms with Crippen molar-refractivity contribution in [3.63, 3.8) is 0 Å². The van der Waals surface area contributed by atoms with Crippen molar-refractivity contribution >= 4 is 34.5 Å². The van der Waals surface area contributed by atoms with E-state index in [0.717, 1.165) is 18.8 Å². The van der Waals surface area contributed by atoms with E-state index in [1.54, 1.807) is 11.3 Å². The molecule has 2 N–H and O–H groups in total. The van der Waals surface area contributed by atoms with E-state index in [2.05, 4.69) is 84.5 Å². The number of hydrogen-bond donors (Lipinski definition) is 2. The molecule has 3 nitrogen and oxygen atoms in total. The largest absolute Gasteiger partial charge is 0.362 e. The van der Waals surface area contributed by atoms with Crippen LogP contribution in [0.1, 0.15) is 106 Å². The molecule has 200 valence electrons. The molecule has 2 unspecified atom stereocenters. The predicted octanol–water partition coefficient (Wildman–Crippen LogP) is 9.48. The number of rotatable bonds is 17. The maximum Gasteiger partial charge on any atom is 0.171 e. The molecule has 0 spiro atoms. The Kier molecular flexibility index (Phi) is 13.7. The minimum atomic E-state index is 0.443. The number of nitrogens with one attached hydrogen (secondary N) is 2. The van der Waals surface area contributed by atoms with Crippen LogP contribution in [0.15, 0.2) is 66.0 Å². The molecule has 3 aromatic rings. The number of hydrogen-bond acceptors (Lipinski definition) is 3. The molecule has 0 saturated carbocycles. The second-order valence-corrected chi connectivity index (χ2v) is 11.3. The highest BCUT2D eigenvalue weighted by molar-refractivity contribution is 7.80. The summed E-state index contributed by atoms with van der Waals surface area (Å²) in [4.78, 5) is 5.06. The lowest BCUT2D eigenvalue weighted by Crippen LogP contribution is -2.30. The van der Waals surface area contributed by atoms with Gasteiger partial charge in [-0.05, 0) is 48.5 Å². The molecule has 2 aromatic carbocycles. The lowest BCUT2D eigenvalue weighted by atomic mass is 9.80. The molecule has 0 aliphatic rings. The first-order valence-corrected chi connectivity index (χ1v) is 15.6. The number of aromatic nitrogens is 1. The summed E-state index contributed by atoms with van der Waals surface area (Å²) in [7, 11) is 0. The minimum absolute atomic E-state index is 0.443. The molecule has 0 radical (unpaired) electrons. The second-order valence-electron chi connectivity index (χ2n) is 10.0. The van der Waals surface area contributed by atoms with Gasteiger partial charge >= 0.3 is 0 Å². The molecule has 0 amide bonds. The highest BCUT2D eigenvalue weighted by Crippen LogP contribution is 2.41. The van der Waals surface area contributed by atoms with Crippen LogP contribution in [0.5, 0.6) is 0 Å². The summed E-state index contributed by atoms with van der Waals surface area (Å²) < 4.78 is 0. The van der Waals surface area contributed by atoms with E-state index in [1.165, 1.54) is 80.3 Å². The molecule has 1 heterocycles. The highest BCUT2D eigenvalue weighted by Gasteiger charge is 2.26. The van der Waals surface area contributed by atoms with E-state index in [-0.39, 0.29) is 0 Å². The molecular weight excluding hydrogens is 491 g/mol. The number of thiocarbonyl (C=S) groups is 1. The number of benzene rings is 2. The average Bonchev–Trinajstić information content (AvgIpc) is 3.38. The van der Waals surface area contributed by atoms with Gasteiger partial charge in [0.05, 0.1) is 5.01 Å². The molecule has 5 heteroatoms. The van der Waals surface area contributed by atoms with E-state index in [1.807, 2.05) is 6.07 Å². The van der Waals surface area contributed by atoms with Crippen LogP contribution in [0, 0.1) is 0 Å². The zero-order chi connectivity index (χ0) is 26.1. The van der Waals surface area contributed by atoms with Crippen LogP contribution < -0.4 is 10.6 Å². The molecule has 0 bridgehead atoms. The molecular formula is C32H45N3S2. The Morgan fingerprint density at radius 3 is 2.19 bits per heavy atom. The molecule has 3 rings (SSSR count). The minimum Gasteiger partial charge on any atom is -0.362 e. The molecule has 0 fully saturated rings. The first kappa shape index (κ1) is 29.3. The Labute approximate surface area is 234 Å². The summed E-state index contributed by atoms with van der Waals surface area (Å²) in [5, 5.41) is 10.7. The lowest BCUT2D eigenvalue weighted by Gasteiger charge is -2.26. The normalized spacial score (nSPS) is 12.7. The van der Waals surface area contributed by atoms with Gasteiger partial charge in [0.2, 0.25) is 0 Å². The third-order valence-corrected chi connectivity index (χ3v) is 8.28. The van der Waals surface area contributed by atoms with E-state index >= 15 is 0 Å². The van der Waals surface area contributed by atoms with Gasteiger partial charge in [-0.15, -0.1) is 11.3 Å². The first-order valence-electron chi connectivity index (χ1n) is 14.3. The van der Waals surface area contributed by atoms with Crippen LogP contribution in [0.4, 0.5) is 5.82 Å². The van der Waals surface area contributed by atoms with E-state index < -0.39 is 0 Å². The SMILES string of the molecule is CCCCCCCCCC(c1nc(NC(=S)NCCc2ccccc2)cs1)C(CCC)c1ccccc1. The maximum absolute atomic E-state index is 5.57. The molecule has 0 aliphatic carbocycles. The topological polar surface area (TPSA) is 37.0 Å². The molecule has 0 saturated heterocycles. The Morgan fingerprint density at radius 1 is 0.811 bits per heavy atom. The third-order valence-electron chi connectivity index (χ3n) is 7.05. The van der Waals surface area contributed by atoms with Crippen LogP contribution >= 0.6 is 23.6 Å². The van der Waals surface area contributed by atoms with Gasteiger partial charge in [-0.2, -0.15) is 0 Å². The van der Waals surface area contributed by atoms with Crippen molar-refractivity contribution in [2.75, 3.05) is 11.9 Å². The summed E-state index contributed by atoms with van der Waals surface area (Å²) in [6.45, 7) is 5.39. The molecule has 1 aromatic heterocycles. The van der Waals surface area contributed by atoms with Crippen molar-refractivity contribution in [2.24, 2.45) is 0 Å². The molecule has 0 aliphatic heterocycles. The highest BCUT2D eigenvalue weighted by atomic mass is 32.1. The van der Waals surface area contributed by atoms with Crippen molar-refractivity contribution in [2.45, 2.75) is 96.3 Å². The van der Waals surface area contributed by atoms with Crippen molar-refractivity contribution in [3.8, 4) is 0 Å². The van der Waals surface area contributed by atoms with Gasteiger partial charge in [0.1, 0.15) is 5.82 Å². The smallest absolute Gasteiger partial charge is 0.171 e. The molecule has 2 atom stereocenters. The van der Waals surface area contributed by atoms with Crippen LogP contribution in [0.2, 0.25) is 0 Å². The van der Waals surface area contributed by atoms with Crippen molar-refractivity contribution in [3.05, 3.63) is 82.2 Å². The predicted molar refractivity (Wildman–Crippen MR) is 166 cm³/mol. The summed E-state index contributed by atoms with van der Waals surface area (Å²) in [6.07, 6.45) is 13.9. The van der Waals surface area contributed by atoms with Crippen LogP contribution in [-0.2, 0) is 6.42 Å². The Hall–Kier alpha value is -2.24. The third kappa shape index (κ3) is 10.6. The Morgan fingerprint density at radius 2 is 1.49 bits per heavy atom. The standard InChI is InChI=1S/C32H45N3S2/c1-3-5-6-7-8-9-16-22-29(28(17-4-2)27-20-14-11-15-21-27)31-34-30(25-37-31)35-32(36)33-24-23-26-18-12-10-13-19-26/h10-15,18-21,25,28-29H,3-9,16-17,22-24H2,1-2H3,(H2,33,35,36). The average molecular weight is 536 g/mol. The Balaban J connectivity index is 1.61. The van der Waals surface area contributed by atoms with Gasteiger partial charge in [0, 0.05) is 17.8 Å². The number of anilines is 1.